The minimum atomic E-state index is -0.571. The summed E-state index contributed by atoms with van der Waals surface area (Å²) in [4.78, 5) is 27.4. The van der Waals surface area contributed by atoms with Crippen molar-refractivity contribution in [1.29, 1.82) is 0 Å². The Hall–Kier alpha value is -2.55. The van der Waals surface area contributed by atoms with Crippen molar-refractivity contribution in [3.05, 3.63) is 51.9 Å². The van der Waals surface area contributed by atoms with Crippen LogP contribution in [0.1, 0.15) is 17.2 Å². The summed E-state index contributed by atoms with van der Waals surface area (Å²) in [5.74, 6) is -0.103. The second kappa shape index (κ2) is 7.22. The first-order valence-electron chi connectivity index (χ1n) is 8.35. The summed E-state index contributed by atoms with van der Waals surface area (Å²) in [6.07, 6.45) is 0.0654. The van der Waals surface area contributed by atoms with Gasteiger partial charge in [0, 0.05) is 11.5 Å². The summed E-state index contributed by atoms with van der Waals surface area (Å²) in [7, 11) is 0. The molecule has 0 fully saturated rings. The number of carbonyl (C=O) groups is 2. The number of halogens is 1. The summed E-state index contributed by atoms with van der Waals surface area (Å²) in [6.45, 7) is 0.0277. The second-order valence-corrected chi connectivity index (χ2v) is 8.02. The number of nitrogens with two attached hydrogens (primary N) is 1. The van der Waals surface area contributed by atoms with Crippen molar-refractivity contribution in [1.82, 2.24) is 15.6 Å². The lowest BCUT2D eigenvalue weighted by Crippen LogP contribution is -2.45. The van der Waals surface area contributed by atoms with E-state index in [1.54, 1.807) is 12.1 Å². The number of aromatic nitrogens is 1. The molecule has 1 aliphatic rings. The number of ether oxygens (including phenoxy) is 1. The molecule has 2 amide bonds. The Morgan fingerprint density at radius 3 is 2.93 bits per heavy atom. The van der Waals surface area contributed by atoms with E-state index in [2.05, 4.69) is 15.6 Å². The maximum absolute atomic E-state index is 12.4. The first-order chi connectivity index (χ1) is 13.0. The molecule has 9 heteroatoms. The number of thiophene rings is 1. The van der Waals surface area contributed by atoms with Gasteiger partial charge >= 0.3 is 6.09 Å². The highest BCUT2D eigenvalue weighted by molar-refractivity contribution is 7.22. The molecule has 0 aliphatic heterocycles. The van der Waals surface area contributed by atoms with Gasteiger partial charge in [-0.2, -0.15) is 0 Å². The molecule has 0 radical (unpaired) electrons. The monoisotopic (exact) mass is 404 g/mol. The molecule has 0 spiro atoms. The van der Waals surface area contributed by atoms with Crippen LogP contribution in [0.3, 0.4) is 0 Å². The van der Waals surface area contributed by atoms with Gasteiger partial charge in [0.25, 0.3) is 0 Å². The average molecular weight is 405 g/mol. The van der Waals surface area contributed by atoms with Crippen LogP contribution in [0.15, 0.2) is 36.4 Å². The molecule has 2 aromatic heterocycles. The molecule has 0 saturated heterocycles. The maximum Gasteiger partial charge on any atom is 0.414 e. The SMILES string of the molecule is NC(=O)CN[C@@H]1c2ccccc2C[C@H]1NC(=O)Oc1cc2cc(Cl)sc2[nH]1. The molecular weight excluding hydrogens is 388 g/mol. The van der Waals surface area contributed by atoms with E-state index in [0.29, 0.717) is 16.6 Å². The van der Waals surface area contributed by atoms with Crippen molar-refractivity contribution in [2.24, 2.45) is 5.73 Å². The third kappa shape index (κ3) is 3.78. The normalized spacial score (nSPS) is 18.4. The number of amides is 2. The lowest BCUT2D eigenvalue weighted by Gasteiger charge is -2.22. The van der Waals surface area contributed by atoms with Crippen molar-refractivity contribution in [2.75, 3.05) is 6.54 Å². The summed E-state index contributed by atoms with van der Waals surface area (Å²) in [5, 5.41) is 6.88. The number of H-pyrrole nitrogens is 1. The number of aromatic amines is 1. The Morgan fingerprint density at radius 2 is 2.15 bits per heavy atom. The summed E-state index contributed by atoms with van der Waals surface area (Å²) < 4.78 is 6.04. The number of fused-ring (bicyclic) bond motifs is 2. The Bertz CT molecular complexity index is 984. The summed E-state index contributed by atoms with van der Waals surface area (Å²) in [5.41, 5.74) is 7.40. The van der Waals surface area contributed by atoms with Crippen LogP contribution >= 0.6 is 22.9 Å². The third-order valence-electron chi connectivity index (χ3n) is 4.49. The van der Waals surface area contributed by atoms with Gasteiger partial charge in [-0.15, -0.1) is 11.3 Å². The average Bonchev–Trinajstić information content (AvgIpc) is 3.23. The lowest BCUT2D eigenvalue weighted by atomic mass is 10.1. The van der Waals surface area contributed by atoms with E-state index in [1.807, 2.05) is 24.3 Å². The first-order valence-corrected chi connectivity index (χ1v) is 9.55. The van der Waals surface area contributed by atoms with Gasteiger partial charge in [0.05, 0.1) is 23.0 Å². The highest BCUT2D eigenvalue weighted by Crippen LogP contribution is 2.33. The Kier molecular flexibility index (Phi) is 4.77. The van der Waals surface area contributed by atoms with Crippen LogP contribution in [0.25, 0.3) is 10.2 Å². The minimum absolute atomic E-state index is 0.0277. The number of benzene rings is 1. The van der Waals surface area contributed by atoms with Crippen molar-refractivity contribution >= 4 is 45.2 Å². The van der Waals surface area contributed by atoms with E-state index in [0.717, 1.165) is 21.3 Å². The molecule has 27 heavy (non-hydrogen) atoms. The number of nitrogens with one attached hydrogen (secondary N) is 3. The van der Waals surface area contributed by atoms with Gasteiger partial charge in [0.15, 0.2) is 0 Å². The quantitative estimate of drug-likeness (QED) is 0.524. The summed E-state index contributed by atoms with van der Waals surface area (Å²) in [6, 6.07) is 10.9. The highest BCUT2D eigenvalue weighted by Gasteiger charge is 2.33. The van der Waals surface area contributed by atoms with Crippen molar-refractivity contribution in [3.8, 4) is 5.88 Å². The maximum atomic E-state index is 12.4. The minimum Gasteiger partial charge on any atom is -0.393 e. The molecule has 2 heterocycles. The van der Waals surface area contributed by atoms with Gasteiger partial charge in [-0.25, -0.2) is 4.79 Å². The molecule has 4 rings (SSSR count). The first kappa shape index (κ1) is 17.8. The fourth-order valence-electron chi connectivity index (χ4n) is 3.40. The van der Waals surface area contributed by atoms with Crippen LogP contribution in [0.4, 0.5) is 4.79 Å². The predicted molar refractivity (Wildman–Crippen MR) is 104 cm³/mol. The van der Waals surface area contributed by atoms with Crippen LogP contribution in [0.5, 0.6) is 5.88 Å². The zero-order chi connectivity index (χ0) is 19.0. The Labute approximate surface area is 163 Å². The van der Waals surface area contributed by atoms with E-state index in [4.69, 9.17) is 22.1 Å². The molecule has 7 nitrogen and oxygen atoms in total. The third-order valence-corrected chi connectivity index (χ3v) is 5.68. The fourth-order valence-corrected chi connectivity index (χ4v) is 4.51. The molecule has 2 atom stereocenters. The molecule has 140 valence electrons. The van der Waals surface area contributed by atoms with Crippen molar-refractivity contribution in [2.45, 2.75) is 18.5 Å². The Balaban J connectivity index is 1.45. The molecular formula is C18H17ClN4O3S. The molecule has 0 saturated carbocycles. The smallest absolute Gasteiger partial charge is 0.393 e. The van der Waals surface area contributed by atoms with Crippen LogP contribution < -0.4 is 21.1 Å². The van der Waals surface area contributed by atoms with Crippen molar-refractivity contribution < 1.29 is 14.3 Å². The van der Waals surface area contributed by atoms with Gasteiger partial charge < -0.3 is 20.8 Å². The van der Waals surface area contributed by atoms with Gasteiger partial charge in [-0.1, -0.05) is 35.9 Å². The number of carbonyl (C=O) groups excluding carboxylic acids is 2. The zero-order valence-electron chi connectivity index (χ0n) is 14.1. The van der Waals surface area contributed by atoms with E-state index in [-0.39, 0.29) is 18.6 Å². The Morgan fingerprint density at radius 1 is 1.33 bits per heavy atom. The predicted octanol–water partition coefficient (Wildman–Crippen LogP) is 2.71. The van der Waals surface area contributed by atoms with Gasteiger partial charge in [0.2, 0.25) is 11.8 Å². The van der Waals surface area contributed by atoms with E-state index in [1.165, 1.54) is 11.3 Å². The van der Waals surface area contributed by atoms with E-state index in [9.17, 15) is 9.59 Å². The molecule has 0 unspecified atom stereocenters. The molecule has 0 bridgehead atoms. The van der Waals surface area contributed by atoms with Gasteiger partial charge in [0.1, 0.15) is 4.83 Å². The van der Waals surface area contributed by atoms with Crippen LogP contribution in [-0.4, -0.2) is 29.6 Å². The van der Waals surface area contributed by atoms with Gasteiger partial charge in [-0.05, 0) is 23.6 Å². The number of primary amides is 1. The largest absolute Gasteiger partial charge is 0.414 e. The summed E-state index contributed by atoms with van der Waals surface area (Å²) >= 11 is 7.33. The topological polar surface area (TPSA) is 109 Å². The lowest BCUT2D eigenvalue weighted by molar-refractivity contribution is -0.117. The van der Waals surface area contributed by atoms with Crippen LogP contribution in [0, 0.1) is 0 Å². The number of hydrogen-bond acceptors (Lipinski definition) is 5. The number of rotatable bonds is 5. The molecule has 3 aromatic rings. The number of hydrogen-bond donors (Lipinski definition) is 4. The second-order valence-electron chi connectivity index (χ2n) is 6.34. The van der Waals surface area contributed by atoms with Crippen LogP contribution in [-0.2, 0) is 11.2 Å². The standard InChI is InChI=1S/C18H17ClN4O3S/c19-13-6-10-7-15(23-17(10)27-13)26-18(25)22-12-5-9-3-1-2-4-11(9)16(12)21-8-14(20)24/h1-4,6-7,12,16,21,23H,5,8H2,(H2,20,24)(H,22,25)/t12-,16-/m1/s1. The van der Waals surface area contributed by atoms with Gasteiger partial charge in [-0.3, -0.25) is 10.1 Å². The molecule has 1 aliphatic carbocycles. The zero-order valence-corrected chi connectivity index (χ0v) is 15.7. The molecule has 1 aromatic carbocycles. The van der Waals surface area contributed by atoms with Crippen molar-refractivity contribution in [3.63, 3.8) is 0 Å². The fraction of sp³-hybridized carbons (Fsp3) is 0.222. The van der Waals surface area contributed by atoms with Crippen LogP contribution in [0.2, 0.25) is 4.34 Å². The molecule has 5 N–H and O–H groups in total. The highest BCUT2D eigenvalue weighted by atomic mass is 35.5. The van der Waals surface area contributed by atoms with E-state index < -0.39 is 12.0 Å². The van der Waals surface area contributed by atoms with E-state index >= 15 is 0 Å².